The fourth-order valence-electron chi connectivity index (χ4n) is 2.97. The summed E-state index contributed by atoms with van der Waals surface area (Å²) in [5, 5.41) is 14.5. The third-order valence-corrected chi connectivity index (χ3v) is 4.45. The number of hydrogen-bond donors (Lipinski definition) is 3. The SMILES string of the molecule is CCOC(OC(C)=O)(C(=O)NCc1ccc(C(=N)N)cc1)n1cnc(-c2ccccc2)n1. The number of nitrogens with two attached hydrogens (primary N) is 1. The lowest BCUT2D eigenvalue weighted by Gasteiger charge is -2.30. The van der Waals surface area contributed by atoms with Crippen LogP contribution in [0.3, 0.4) is 0 Å². The van der Waals surface area contributed by atoms with E-state index in [-0.39, 0.29) is 19.0 Å². The van der Waals surface area contributed by atoms with E-state index >= 15 is 0 Å². The van der Waals surface area contributed by atoms with Crippen molar-refractivity contribution in [3.8, 4) is 11.4 Å². The highest BCUT2D eigenvalue weighted by Gasteiger charge is 2.47. The van der Waals surface area contributed by atoms with Crippen LogP contribution in [0.15, 0.2) is 60.9 Å². The first kappa shape index (κ1) is 22.6. The first-order valence-corrected chi connectivity index (χ1v) is 9.88. The highest BCUT2D eigenvalue weighted by Crippen LogP contribution is 2.23. The van der Waals surface area contributed by atoms with Crippen LogP contribution < -0.4 is 11.1 Å². The average Bonchev–Trinajstić information content (AvgIpc) is 3.28. The van der Waals surface area contributed by atoms with Crippen molar-refractivity contribution in [2.24, 2.45) is 5.73 Å². The van der Waals surface area contributed by atoms with Gasteiger partial charge in [-0.1, -0.05) is 54.6 Å². The minimum Gasteiger partial charge on any atom is -0.404 e. The van der Waals surface area contributed by atoms with Crippen LogP contribution in [0, 0.1) is 5.41 Å². The largest absolute Gasteiger partial charge is 0.404 e. The number of aromatic nitrogens is 3. The smallest absolute Gasteiger partial charge is 0.401 e. The fourth-order valence-corrected chi connectivity index (χ4v) is 2.97. The van der Waals surface area contributed by atoms with Gasteiger partial charge in [0, 0.05) is 24.6 Å². The maximum atomic E-state index is 13.2. The Hall–Kier alpha value is -4.05. The van der Waals surface area contributed by atoms with Crippen LogP contribution in [0.25, 0.3) is 11.4 Å². The Morgan fingerprint density at radius 1 is 1.16 bits per heavy atom. The van der Waals surface area contributed by atoms with Gasteiger partial charge in [0.15, 0.2) is 5.82 Å². The number of amides is 1. The molecule has 0 radical (unpaired) electrons. The van der Waals surface area contributed by atoms with Crippen molar-refractivity contribution < 1.29 is 19.1 Å². The number of benzene rings is 2. The lowest BCUT2D eigenvalue weighted by Crippen LogP contribution is -2.53. The monoisotopic (exact) mass is 436 g/mol. The van der Waals surface area contributed by atoms with E-state index in [0.717, 1.165) is 15.8 Å². The quantitative estimate of drug-likeness (QED) is 0.200. The number of nitrogens with zero attached hydrogens (tertiary/aromatic N) is 3. The van der Waals surface area contributed by atoms with E-state index < -0.39 is 17.8 Å². The molecule has 0 saturated heterocycles. The van der Waals surface area contributed by atoms with E-state index in [0.29, 0.717) is 11.4 Å². The van der Waals surface area contributed by atoms with Crippen LogP contribution in [-0.4, -0.2) is 39.1 Å². The highest BCUT2D eigenvalue weighted by molar-refractivity contribution is 5.94. The van der Waals surface area contributed by atoms with Crippen molar-refractivity contribution in [1.82, 2.24) is 20.1 Å². The van der Waals surface area contributed by atoms with Gasteiger partial charge in [0.2, 0.25) is 0 Å². The number of amidine groups is 1. The number of carbonyl (C=O) groups excluding carboxylic acids is 2. The molecule has 0 fully saturated rings. The van der Waals surface area contributed by atoms with E-state index in [9.17, 15) is 9.59 Å². The number of nitrogen functional groups attached to an aromatic ring is 1. The lowest BCUT2D eigenvalue weighted by molar-refractivity contribution is -0.267. The minimum atomic E-state index is -2.17. The minimum absolute atomic E-state index is 0.0498. The summed E-state index contributed by atoms with van der Waals surface area (Å²) in [5.41, 5.74) is 7.51. The number of rotatable bonds is 9. The van der Waals surface area contributed by atoms with Gasteiger partial charge in [0.25, 0.3) is 0 Å². The topological polar surface area (TPSA) is 145 Å². The Morgan fingerprint density at radius 3 is 2.44 bits per heavy atom. The van der Waals surface area contributed by atoms with E-state index in [1.54, 1.807) is 31.2 Å². The van der Waals surface area contributed by atoms with E-state index in [4.69, 9.17) is 20.6 Å². The van der Waals surface area contributed by atoms with Gasteiger partial charge in [-0.05, 0) is 12.5 Å². The van der Waals surface area contributed by atoms with Crippen LogP contribution in [0.4, 0.5) is 0 Å². The molecule has 10 nitrogen and oxygen atoms in total. The third kappa shape index (κ3) is 4.98. The predicted octanol–water partition coefficient (Wildman–Crippen LogP) is 1.76. The van der Waals surface area contributed by atoms with Crippen molar-refractivity contribution in [1.29, 1.82) is 5.41 Å². The summed E-state index contributed by atoms with van der Waals surface area (Å²) < 4.78 is 12.1. The van der Waals surface area contributed by atoms with Gasteiger partial charge < -0.3 is 20.5 Å². The number of nitrogens with one attached hydrogen (secondary N) is 2. The molecule has 4 N–H and O–H groups in total. The van der Waals surface area contributed by atoms with Crippen molar-refractivity contribution in [2.45, 2.75) is 26.3 Å². The molecule has 1 amide bonds. The first-order chi connectivity index (χ1) is 15.4. The number of esters is 1. The lowest BCUT2D eigenvalue weighted by atomic mass is 10.1. The normalized spacial score (nSPS) is 12.6. The zero-order chi connectivity index (χ0) is 23.1. The van der Waals surface area contributed by atoms with Crippen LogP contribution in [0.5, 0.6) is 0 Å². The van der Waals surface area contributed by atoms with Crippen molar-refractivity contribution in [2.75, 3.05) is 6.61 Å². The summed E-state index contributed by atoms with van der Waals surface area (Å²) >= 11 is 0. The summed E-state index contributed by atoms with van der Waals surface area (Å²) in [4.78, 5) is 29.4. The molecule has 1 atom stereocenters. The number of carbonyl (C=O) groups is 2. The third-order valence-electron chi connectivity index (χ3n) is 4.45. The summed E-state index contributed by atoms with van der Waals surface area (Å²) in [5.74, 6) is -3.33. The number of ether oxygens (including phenoxy) is 2. The highest BCUT2D eigenvalue weighted by atomic mass is 16.7. The maximum Gasteiger partial charge on any atom is 0.401 e. The van der Waals surface area contributed by atoms with Crippen LogP contribution in [0.2, 0.25) is 0 Å². The van der Waals surface area contributed by atoms with Gasteiger partial charge >= 0.3 is 17.8 Å². The molecular weight excluding hydrogens is 412 g/mol. The molecule has 10 heteroatoms. The predicted molar refractivity (Wildman–Crippen MR) is 116 cm³/mol. The summed E-state index contributed by atoms with van der Waals surface area (Å²) in [6.45, 7) is 3.03. The first-order valence-electron chi connectivity index (χ1n) is 9.88. The van der Waals surface area contributed by atoms with Crippen LogP contribution in [-0.2, 0) is 31.5 Å². The zero-order valence-electron chi connectivity index (χ0n) is 17.7. The molecule has 0 spiro atoms. The summed E-state index contributed by atoms with van der Waals surface area (Å²) in [7, 11) is 0. The average molecular weight is 436 g/mol. The molecule has 0 aliphatic carbocycles. The fraction of sp³-hybridized carbons (Fsp3) is 0.227. The van der Waals surface area contributed by atoms with Gasteiger partial charge in [0.1, 0.15) is 12.2 Å². The zero-order valence-corrected chi connectivity index (χ0v) is 17.7. The standard InChI is InChI=1S/C22H24N6O4/c1-3-31-22(32-15(2)29,28-14-26-20(27-28)18-7-5-4-6-8-18)21(30)25-13-16-9-11-17(12-10-16)19(23)24/h4-12,14H,3,13H2,1-2H3,(H3,23,24)(H,25,30). The molecule has 3 rings (SSSR count). The van der Waals surface area contributed by atoms with Gasteiger partial charge in [-0.25, -0.2) is 4.98 Å². The number of hydrogen-bond acceptors (Lipinski definition) is 7. The molecule has 0 aliphatic rings. The van der Waals surface area contributed by atoms with E-state index in [1.807, 2.05) is 30.3 Å². The molecule has 1 heterocycles. The van der Waals surface area contributed by atoms with Crippen molar-refractivity contribution >= 4 is 17.7 Å². The van der Waals surface area contributed by atoms with Crippen LogP contribution >= 0.6 is 0 Å². The van der Waals surface area contributed by atoms with E-state index in [2.05, 4.69) is 15.4 Å². The van der Waals surface area contributed by atoms with Crippen LogP contribution in [0.1, 0.15) is 25.0 Å². The maximum absolute atomic E-state index is 13.2. The molecule has 0 bridgehead atoms. The second-order valence-corrected chi connectivity index (χ2v) is 6.78. The molecule has 2 aromatic carbocycles. The molecular formula is C22H24N6O4. The molecule has 0 saturated carbocycles. The van der Waals surface area contributed by atoms with E-state index in [1.165, 1.54) is 13.3 Å². The van der Waals surface area contributed by atoms with Gasteiger partial charge in [0.05, 0.1) is 6.61 Å². The molecule has 32 heavy (non-hydrogen) atoms. The van der Waals surface area contributed by atoms with Gasteiger partial charge in [-0.15, -0.1) is 5.10 Å². The van der Waals surface area contributed by atoms with Gasteiger partial charge in [-0.3, -0.25) is 15.0 Å². The Morgan fingerprint density at radius 2 is 1.84 bits per heavy atom. The molecule has 166 valence electrons. The second-order valence-electron chi connectivity index (χ2n) is 6.78. The molecule has 3 aromatic rings. The van der Waals surface area contributed by atoms with Gasteiger partial charge in [-0.2, -0.15) is 4.68 Å². The Bertz CT molecular complexity index is 1100. The summed E-state index contributed by atoms with van der Waals surface area (Å²) in [6, 6.07) is 16.0. The summed E-state index contributed by atoms with van der Waals surface area (Å²) in [6.07, 6.45) is 1.28. The van der Waals surface area contributed by atoms with Crippen molar-refractivity contribution in [3.63, 3.8) is 0 Å². The van der Waals surface area contributed by atoms with Crippen molar-refractivity contribution in [3.05, 3.63) is 72.1 Å². The molecule has 1 unspecified atom stereocenters. The Kier molecular flexibility index (Phi) is 6.96. The Balaban J connectivity index is 1.89. The Labute approximate surface area is 184 Å². The molecule has 0 aliphatic heterocycles. The second kappa shape index (κ2) is 9.84. The molecule has 1 aromatic heterocycles.